The first-order chi connectivity index (χ1) is 11.2. The lowest BCUT2D eigenvalue weighted by Gasteiger charge is -2.41. The Hall–Kier alpha value is -2.21. The van der Waals surface area contributed by atoms with Crippen LogP contribution >= 0.6 is 0 Å². The summed E-state index contributed by atoms with van der Waals surface area (Å²) in [6.07, 6.45) is 2.88. The minimum atomic E-state index is -1.03. The van der Waals surface area contributed by atoms with Gasteiger partial charge in [-0.15, -0.1) is 0 Å². The van der Waals surface area contributed by atoms with Crippen LogP contribution in [0.3, 0.4) is 0 Å². The summed E-state index contributed by atoms with van der Waals surface area (Å²) in [5.41, 5.74) is 0.576. The highest BCUT2D eigenvalue weighted by Gasteiger charge is 2.72. The molecule has 6 heteroatoms. The highest BCUT2D eigenvalue weighted by molar-refractivity contribution is 6.15. The van der Waals surface area contributed by atoms with E-state index in [1.165, 1.54) is 0 Å². The van der Waals surface area contributed by atoms with Crippen molar-refractivity contribution in [1.82, 2.24) is 10.2 Å². The van der Waals surface area contributed by atoms with Crippen LogP contribution in [0.5, 0.6) is 0 Å². The molecule has 4 atom stereocenters. The monoisotopic (exact) mass is 311 g/mol. The SMILES string of the molecule is O=C1NC(=O)[C@@H]2[C@H]1[C@H]1CCCCN1[C@]21C(=O)Nc2ccccc21. The number of carbonyl (C=O) groups excluding carboxylic acids is 3. The molecule has 3 amide bonds. The van der Waals surface area contributed by atoms with Crippen LogP contribution in [0, 0.1) is 11.8 Å². The van der Waals surface area contributed by atoms with Crippen LogP contribution in [0.2, 0.25) is 0 Å². The second kappa shape index (κ2) is 4.20. The molecule has 3 saturated heterocycles. The van der Waals surface area contributed by atoms with Gasteiger partial charge in [0.1, 0.15) is 5.54 Å². The molecule has 4 aliphatic rings. The van der Waals surface area contributed by atoms with Crippen LogP contribution in [-0.2, 0) is 19.9 Å². The van der Waals surface area contributed by atoms with Gasteiger partial charge in [0, 0.05) is 17.3 Å². The normalized spacial score (nSPS) is 38.3. The first kappa shape index (κ1) is 13.2. The number of rotatable bonds is 0. The Morgan fingerprint density at radius 1 is 1.04 bits per heavy atom. The smallest absolute Gasteiger partial charge is 0.250 e. The Morgan fingerprint density at radius 3 is 2.74 bits per heavy atom. The van der Waals surface area contributed by atoms with Gasteiger partial charge in [0.15, 0.2) is 0 Å². The van der Waals surface area contributed by atoms with Gasteiger partial charge >= 0.3 is 0 Å². The van der Waals surface area contributed by atoms with Crippen molar-refractivity contribution in [3.63, 3.8) is 0 Å². The molecule has 5 rings (SSSR count). The molecule has 0 bridgehead atoms. The van der Waals surface area contributed by atoms with Crippen LogP contribution in [0.15, 0.2) is 24.3 Å². The Morgan fingerprint density at radius 2 is 1.87 bits per heavy atom. The van der Waals surface area contributed by atoms with Crippen molar-refractivity contribution in [2.24, 2.45) is 11.8 Å². The van der Waals surface area contributed by atoms with Gasteiger partial charge in [-0.3, -0.25) is 24.6 Å². The molecule has 4 aliphatic heterocycles. The maximum Gasteiger partial charge on any atom is 0.250 e. The Balaban J connectivity index is 1.79. The zero-order chi connectivity index (χ0) is 15.8. The summed E-state index contributed by atoms with van der Waals surface area (Å²) < 4.78 is 0. The van der Waals surface area contributed by atoms with Crippen molar-refractivity contribution in [1.29, 1.82) is 0 Å². The molecule has 118 valence electrons. The topological polar surface area (TPSA) is 78.5 Å². The summed E-state index contributed by atoms with van der Waals surface area (Å²) in [6.45, 7) is 0.750. The van der Waals surface area contributed by atoms with Crippen molar-refractivity contribution < 1.29 is 14.4 Å². The van der Waals surface area contributed by atoms with Crippen molar-refractivity contribution in [2.75, 3.05) is 11.9 Å². The fourth-order valence-electron chi connectivity index (χ4n) is 5.25. The van der Waals surface area contributed by atoms with E-state index in [9.17, 15) is 14.4 Å². The number of nitrogens with zero attached hydrogens (tertiary/aromatic N) is 1. The van der Waals surface area contributed by atoms with E-state index < -0.39 is 17.4 Å². The number of fused-ring (bicyclic) bond motifs is 7. The van der Waals surface area contributed by atoms with Crippen LogP contribution in [-0.4, -0.2) is 35.2 Å². The van der Waals surface area contributed by atoms with Crippen LogP contribution in [0.25, 0.3) is 0 Å². The van der Waals surface area contributed by atoms with Crippen molar-refractivity contribution in [3.05, 3.63) is 29.8 Å². The lowest BCUT2D eigenvalue weighted by Crippen LogP contribution is -2.56. The third-order valence-corrected chi connectivity index (χ3v) is 5.99. The van der Waals surface area contributed by atoms with E-state index in [2.05, 4.69) is 15.5 Å². The Bertz CT molecular complexity index is 761. The third kappa shape index (κ3) is 1.36. The maximum absolute atomic E-state index is 13.1. The van der Waals surface area contributed by atoms with E-state index >= 15 is 0 Å². The zero-order valence-electron chi connectivity index (χ0n) is 12.5. The van der Waals surface area contributed by atoms with E-state index in [1.807, 2.05) is 24.3 Å². The van der Waals surface area contributed by atoms with E-state index in [0.717, 1.165) is 37.1 Å². The highest BCUT2D eigenvalue weighted by Crippen LogP contribution is 2.58. The third-order valence-electron chi connectivity index (χ3n) is 5.99. The number of carbonyl (C=O) groups is 3. The number of hydrogen-bond acceptors (Lipinski definition) is 4. The predicted octanol–water partition coefficient (Wildman–Crippen LogP) is 0.591. The minimum Gasteiger partial charge on any atom is -0.324 e. The van der Waals surface area contributed by atoms with E-state index in [-0.39, 0.29) is 23.8 Å². The van der Waals surface area contributed by atoms with Gasteiger partial charge in [0.2, 0.25) is 17.7 Å². The summed E-state index contributed by atoms with van der Waals surface area (Å²) in [5, 5.41) is 5.41. The van der Waals surface area contributed by atoms with Crippen molar-refractivity contribution >= 4 is 23.4 Å². The number of hydrogen-bond donors (Lipinski definition) is 2. The molecule has 23 heavy (non-hydrogen) atoms. The number of benzene rings is 1. The number of piperidine rings is 1. The summed E-state index contributed by atoms with van der Waals surface area (Å²) in [5.74, 6) is -1.73. The van der Waals surface area contributed by atoms with E-state index in [0.29, 0.717) is 0 Å². The van der Waals surface area contributed by atoms with Gasteiger partial charge in [-0.1, -0.05) is 24.6 Å². The molecule has 1 spiro atoms. The second-order valence-electron chi connectivity index (χ2n) is 6.88. The van der Waals surface area contributed by atoms with Crippen LogP contribution < -0.4 is 10.6 Å². The minimum absolute atomic E-state index is 0.0305. The number of imide groups is 1. The second-order valence-corrected chi connectivity index (χ2v) is 6.88. The van der Waals surface area contributed by atoms with E-state index in [4.69, 9.17) is 0 Å². The average Bonchev–Trinajstić information content (AvgIpc) is 3.13. The molecule has 3 fully saturated rings. The first-order valence-electron chi connectivity index (χ1n) is 8.18. The lowest BCUT2D eigenvalue weighted by molar-refractivity contribution is -0.138. The molecule has 2 N–H and O–H groups in total. The van der Waals surface area contributed by atoms with Gasteiger partial charge in [0.05, 0.1) is 11.8 Å². The molecular weight excluding hydrogens is 294 g/mol. The quantitative estimate of drug-likeness (QED) is 0.688. The number of anilines is 1. The molecule has 0 unspecified atom stereocenters. The molecule has 1 aromatic carbocycles. The Labute approximate surface area is 133 Å². The van der Waals surface area contributed by atoms with Gasteiger partial charge in [-0.25, -0.2) is 0 Å². The van der Waals surface area contributed by atoms with E-state index in [1.54, 1.807) is 0 Å². The summed E-state index contributed by atoms with van der Waals surface area (Å²) in [6, 6.07) is 7.51. The molecule has 0 saturated carbocycles. The molecule has 0 aliphatic carbocycles. The fraction of sp³-hybridized carbons (Fsp3) is 0.471. The molecule has 4 heterocycles. The van der Waals surface area contributed by atoms with Gasteiger partial charge in [-0.2, -0.15) is 0 Å². The van der Waals surface area contributed by atoms with Gasteiger partial charge in [-0.05, 0) is 25.5 Å². The largest absolute Gasteiger partial charge is 0.324 e. The Kier molecular flexibility index (Phi) is 2.42. The van der Waals surface area contributed by atoms with Crippen molar-refractivity contribution in [3.8, 4) is 0 Å². The maximum atomic E-state index is 13.1. The fourth-order valence-corrected chi connectivity index (χ4v) is 5.25. The van der Waals surface area contributed by atoms with Crippen molar-refractivity contribution in [2.45, 2.75) is 30.8 Å². The lowest BCUT2D eigenvalue weighted by atomic mass is 9.76. The first-order valence-corrected chi connectivity index (χ1v) is 8.18. The van der Waals surface area contributed by atoms with Crippen LogP contribution in [0.4, 0.5) is 5.69 Å². The molecule has 0 aromatic heterocycles. The molecular formula is C17H17N3O3. The molecule has 6 nitrogen and oxygen atoms in total. The number of nitrogens with one attached hydrogen (secondary N) is 2. The number of para-hydroxylation sites is 1. The number of amides is 3. The summed E-state index contributed by atoms with van der Waals surface area (Å²) in [7, 11) is 0. The predicted molar refractivity (Wildman–Crippen MR) is 81.2 cm³/mol. The average molecular weight is 311 g/mol. The highest BCUT2D eigenvalue weighted by atomic mass is 16.2. The zero-order valence-corrected chi connectivity index (χ0v) is 12.5. The van der Waals surface area contributed by atoms with Gasteiger partial charge in [0.25, 0.3) is 0 Å². The summed E-state index contributed by atoms with van der Waals surface area (Å²) >= 11 is 0. The van der Waals surface area contributed by atoms with Crippen LogP contribution in [0.1, 0.15) is 24.8 Å². The molecule has 0 radical (unpaired) electrons. The standard InChI is InChI=1S/C17H17N3O3/c21-14-12-11-7-3-4-8-20(11)17(13(12)15(22)19-14)9-5-1-2-6-10(9)18-16(17)23/h1-2,5-6,11-13H,3-4,7-8H2,(H,18,23)(H,19,21,22)/t11-,12-,13+,17+/m1/s1. The molecule has 1 aromatic rings. The van der Waals surface area contributed by atoms with Gasteiger partial charge < -0.3 is 5.32 Å². The summed E-state index contributed by atoms with van der Waals surface area (Å²) in [4.78, 5) is 40.2.